The molecule has 0 saturated carbocycles. The first-order chi connectivity index (χ1) is 11.7. The zero-order valence-corrected chi connectivity index (χ0v) is 15.0. The minimum atomic E-state index is 0.668. The molecule has 4 heteroatoms. The van der Waals surface area contributed by atoms with Crippen LogP contribution in [-0.2, 0) is 6.42 Å². The maximum absolute atomic E-state index is 6.22. The summed E-state index contributed by atoms with van der Waals surface area (Å²) >= 11 is 0. The van der Waals surface area contributed by atoms with Crippen LogP contribution in [0.15, 0.2) is 35.3 Å². The summed E-state index contributed by atoms with van der Waals surface area (Å²) < 4.78 is 0. The Morgan fingerprint density at radius 3 is 2.79 bits per heavy atom. The lowest BCUT2D eigenvalue weighted by molar-refractivity contribution is 0.269. The SMILES string of the molecule is CC1CCCN(C(N)=NCC2CCN(CCc3ccccc3)C2)C1. The van der Waals surface area contributed by atoms with E-state index in [2.05, 4.69) is 47.1 Å². The second-order valence-electron chi connectivity index (χ2n) is 7.58. The van der Waals surface area contributed by atoms with Gasteiger partial charge in [-0.15, -0.1) is 0 Å². The number of piperidine rings is 1. The summed E-state index contributed by atoms with van der Waals surface area (Å²) in [6.07, 6.45) is 4.96. The second-order valence-corrected chi connectivity index (χ2v) is 7.58. The normalized spacial score (nSPS) is 26.0. The molecule has 2 unspecified atom stereocenters. The third-order valence-corrected chi connectivity index (χ3v) is 5.42. The molecule has 132 valence electrons. The monoisotopic (exact) mass is 328 g/mol. The Morgan fingerprint density at radius 1 is 1.17 bits per heavy atom. The van der Waals surface area contributed by atoms with Crippen molar-refractivity contribution in [2.45, 2.75) is 32.6 Å². The van der Waals surface area contributed by atoms with Gasteiger partial charge in [0.25, 0.3) is 0 Å². The van der Waals surface area contributed by atoms with Crippen LogP contribution >= 0.6 is 0 Å². The van der Waals surface area contributed by atoms with E-state index in [0.29, 0.717) is 5.92 Å². The highest BCUT2D eigenvalue weighted by molar-refractivity contribution is 5.78. The van der Waals surface area contributed by atoms with Crippen LogP contribution < -0.4 is 5.73 Å². The number of guanidine groups is 1. The molecule has 1 aromatic rings. The molecule has 2 saturated heterocycles. The molecule has 2 fully saturated rings. The van der Waals surface area contributed by atoms with Gasteiger partial charge in [-0.3, -0.25) is 4.99 Å². The highest BCUT2D eigenvalue weighted by Gasteiger charge is 2.23. The fourth-order valence-electron chi connectivity index (χ4n) is 3.92. The Labute approximate surface area is 146 Å². The molecule has 0 amide bonds. The van der Waals surface area contributed by atoms with Gasteiger partial charge >= 0.3 is 0 Å². The topological polar surface area (TPSA) is 44.9 Å². The van der Waals surface area contributed by atoms with Crippen LogP contribution in [0.5, 0.6) is 0 Å². The van der Waals surface area contributed by atoms with Gasteiger partial charge in [0.2, 0.25) is 0 Å². The van der Waals surface area contributed by atoms with Crippen LogP contribution in [0.25, 0.3) is 0 Å². The van der Waals surface area contributed by atoms with E-state index in [4.69, 9.17) is 10.7 Å². The summed E-state index contributed by atoms with van der Waals surface area (Å²) in [7, 11) is 0. The lowest BCUT2D eigenvalue weighted by Gasteiger charge is -2.31. The maximum Gasteiger partial charge on any atom is 0.191 e. The molecular weight excluding hydrogens is 296 g/mol. The van der Waals surface area contributed by atoms with Gasteiger partial charge in [-0.2, -0.15) is 0 Å². The summed E-state index contributed by atoms with van der Waals surface area (Å²) in [5, 5.41) is 0. The van der Waals surface area contributed by atoms with Gasteiger partial charge in [0.15, 0.2) is 5.96 Å². The summed E-state index contributed by atoms with van der Waals surface area (Å²) in [6.45, 7) is 8.87. The highest BCUT2D eigenvalue weighted by atomic mass is 15.3. The number of hydrogen-bond donors (Lipinski definition) is 1. The van der Waals surface area contributed by atoms with Gasteiger partial charge < -0.3 is 15.5 Å². The molecule has 0 spiro atoms. The molecule has 4 nitrogen and oxygen atoms in total. The van der Waals surface area contributed by atoms with E-state index >= 15 is 0 Å². The Hall–Kier alpha value is -1.55. The van der Waals surface area contributed by atoms with Crippen molar-refractivity contribution >= 4 is 5.96 Å². The van der Waals surface area contributed by atoms with Crippen LogP contribution in [-0.4, -0.2) is 55.0 Å². The fourth-order valence-corrected chi connectivity index (χ4v) is 3.92. The minimum Gasteiger partial charge on any atom is -0.370 e. The average molecular weight is 329 g/mol. The van der Waals surface area contributed by atoms with Crippen molar-refractivity contribution in [1.29, 1.82) is 0 Å². The lowest BCUT2D eigenvalue weighted by atomic mass is 10.0. The summed E-state index contributed by atoms with van der Waals surface area (Å²) in [6, 6.07) is 10.8. The van der Waals surface area contributed by atoms with E-state index in [9.17, 15) is 0 Å². The largest absolute Gasteiger partial charge is 0.370 e. The smallest absolute Gasteiger partial charge is 0.191 e. The van der Waals surface area contributed by atoms with E-state index < -0.39 is 0 Å². The highest BCUT2D eigenvalue weighted by Crippen LogP contribution is 2.18. The molecule has 0 bridgehead atoms. The molecule has 1 aromatic carbocycles. The molecule has 2 aliphatic rings. The molecule has 24 heavy (non-hydrogen) atoms. The zero-order valence-electron chi connectivity index (χ0n) is 15.0. The van der Waals surface area contributed by atoms with Crippen LogP contribution in [0.2, 0.25) is 0 Å². The Bertz CT molecular complexity index is 528. The number of aliphatic imine (C=N–C) groups is 1. The van der Waals surface area contributed by atoms with Gasteiger partial charge in [0.05, 0.1) is 0 Å². The maximum atomic E-state index is 6.22. The number of likely N-dealkylation sites (tertiary alicyclic amines) is 2. The van der Waals surface area contributed by atoms with E-state index in [-0.39, 0.29) is 0 Å². The van der Waals surface area contributed by atoms with Gasteiger partial charge in [-0.05, 0) is 49.6 Å². The van der Waals surface area contributed by atoms with Gasteiger partial charge in [0.1, 0.15) is 0 Å². The van der Waals surface area contributed by atoms with E-state index in [1.54, 1.807) is 0 Å². The molecule has 0 aliphatic carbocycles. The number of rotatable bonds is 5. The third kappa shape index (κ3) is 4.97. The first-order valence-corrected chi connectivity index (χ1v) is 9.52. The molecule has 0 radical (unpaired) electrons. The summed E-state index contributed by atoms with van der Waals surface area (Å²) in [5.41, 5.74) is 7.65. The zero-order chi connectivity index (χ0) is 16.8. The molecule has 0 aromatic heterocycles. The molecule has 2 N–H and O–H groups in total. The summed E-state index contributed by atoms with van der Waals surface area (Å²) in [5.74, 6) is 2.18. The van der Waals surface area contributed by atoms with Crippen molar-refractivity contribution in [2.24, 2.45) is 22.6 Å². The van der Waals surface area contributed by atoms with Crippen molar-refractivity contribution in [3.63, 3.8) is 0 Å². The van der Waals surface area contributed by atoms with Crippen molar-refractivity contribution in [1.82, 2.24) is 9.80 Å². The summed E-state index contributed by atoms with van der Waals surface area (Å²) in [4.78, 5) is 9.56. The quantitative estimate of drug-likeness (QED) is 0.667. The van der Waals surface area contributed by atoms with Crippen molar-refractivity contribution in [3.8, 4) is 0 Å². The Kier molecular flexibility index (Phi) is 6.13. The van der Waals surface area contributed by atoms with Crippen LogP contribution in [0, 0.1) is 11.8 Å². The molecule has 2 heterocycles. The number of nitrogens with zero attached hydrogens (tertiary/aromatic N) is 3. The van der Waals surface area contributed by atoms with Crippen molar-refractivity contribution in [2.75, 3.05) is 39.3 Å². The third-order valence-electron chi connectivity index (χ3n) is 5.42. The van der Waals surface area contributed by atoms with Crippen LogP contribution in [0.1, 0.15) is 31.7 Å². The van der Waals surface area contributed by atoms with Gasteiger partial charge in [0, 0.05) is 32.7 Å². The second kappa shape index (κ2) is 8.52. The number of benzene rings is 1. The number of nitrogens with two attached hydrogens (primary N) is 1. The Balaban J connectivity index is 1.40. The predicted molar refractivity (Wildman–Crippen MR) is 101 cm³/mol. The number of hydrogen-bond acceptors (Lipinski definition) is 2. The van der Waals surface area contributed by atoms with E-state index in [1.165, 1.54) is 37.9 Å². The standard InChI is InChI=1S/C20H32N4/c1-17-6-5-11-24(15-17)20(21)22-14-19-10-13-23(16-19)12-9-18-7-3-2-4-8-18/h2-4,7-8,17,19H,5-6,9-16H2,1H3,(H2,21,22). The first-order valence-electron chi connectivity index (χ1n) is 9.52. The molecule has 2 aliphatic heterocycles. The van der Waals surface area contributed by atoms with Crippen LogP contribution in [0.4, 0.5) is 0 Å². The predicted octanol–water partition coefficient (Wildman–Crippen LogP) is 2.60. The lowest BCUT2D eigenvalue weighted by Crippen LogP contribution is -2.43. The van der Waals surface area contributed by atoms with Gasteiger partial charge in [-0.1, -0.05) is 37.3 Å². The van der Waals surface area contributed by atoms with Crippen molar-refractivity contribution in [3.05, 3.63) is 35.9 Å². The minimum absolute atomic E-state index is 0.668. The fraction of sp³-hybridized carbons (Fsp3) is 0.650. The van der Waals surface area contributed by atoms with Crippen LogP contribution in [0.3, 0.4) is 0 Å². The average Bonchev–Trinajstić information content (AvgIpc) is 3.07. The molecule has 3 rings (SSSR count). The molecule has 2 atom stereocenters. The molecular formula is C20H32N4. The van der Waals surface area contributed by atoms with Gasteiger partial charge in [-0.25, -0.2) is 0 Å². The van der Waals surface area contributed by atoms with Crippen molar-refractivity contribution < 1.29 is 0 Å². The Morgan fingerprint density at radius 2 is 2.00 bits per heavy atom. The van der Waals surface area contributed by atoms with E-state index in [1.807, 2.05) is 0 Å². The van der Waals surface area contributed by atoms with E-state index in [0.717, 1.165) is 44.5 Å². The first kappa shape index (κ1) is 17.3.